The third-order valence-corrected chi connectivity index (χ3v) is 5.09. The Morgan fingerprint density at radius 2 is 1.74 bits per heavy atom. The first kappa shape index (κ1) is 22.9. The lowest BCUT2D eigenvalue weighted by molar-refractivity contribution is 0.0635. The van der Waals surface area contributed by atoms with E-state index in [9.17, 15) is 18.4 Å². The summed E-state index contributed by atoms with van der Waals surface area (Å²) < 4.78 is 30.5. The van der Waals surface area contributed by atoms with Gasteiger partial charge in [-0.15, -0.1) is 0 Å². The Hall–Kier alpha value is -2.74. The molecule has 1 heterocycles. The fourth-order valence-electron chi connectivity index (χ4n) is 3.66. The van der Waals surface area contributed by atoms with Crippen LogP contribution in [0.4, 0.5) is 19.3 Å². The van der Waals surface area contributed by atoms with Gasteiger partial charge < -0.3 is 10.1 Å². The number of carbonyl (C=O) groups excluding carboxylic acids is 2. The van der Waals surface area contributed by atoms with Crippen molar-refractivity contribution < 1.29 is 23.1 Å². The summed E-state index contributed by atoms with van der Waals surface area (Å²) in [6.07, 6.45) is -1.80. The molecule has 6 nitrogen and oxygen atoms in total. The van der Waals surface area contributed by atoms with Crippen molar-refractivity contribution in [1.29, 1.82) is 0 Å². The highest BCUT2D eigenvalue weighted by molar-refractivity contribution is 6.07. The highest BCUT2D eigenvalue weighted by Gasteiger charge is 2.25. The molecule has 3 rings (SSSR count). The highest BCUT2D eigenvalue weighted by atomic mass is 19.3. The van der Waals surface area contributed by atoms with Gasteiger partial charge in [0.05, 0.1) is 17.8 Å². The predicted octanol–water partition coefficient (Wildman–Crippen LogP) is 4.65. The third kappa shape index (κ3) is 6.62. The van der Waals surface area contributed by atoms with Crippen molar-refractivity contribution in [3.63, 3.8) is 0 Å². The molecule has 2 aromatic carbocycles. The number of rotatable bonds is 5. The molecule has 0 atom stereocenters. The Balaban J connectivity index is 1.76. The van der Waals surface area contributed by atoms with E-state index in [1.807, 2.05) is 24.3 Å². The van der Waals surface area contributed by atoms with Gasteiger partial charge in [-0.1, -0.05) is 24.3 Å². The Labute approximate surface area is 180 Å². The molecule has 168 valence electrons. The predicted molar refractivity (Wildman–Crippen MR) is 117 cm³/mol. The number of anilines is 1. The molecule has 0 spiro atoms. The Kier molecular flexibility index (Phi) is 7.10. The van der Waals surface area contributed by atoms with E-state index in [1.54, 1.807) is 37.8 Å². The van der Waals surface area contributed by atoms with E-state index in [2.05, 4.69) is 10.6 Å². The number of piperidine rings is 1. The number of likely N-dealkylation sites (tertiary alicyclic amines) is 1. The van der Waals surface area contributed by atoms with Crippen molar-refractivity contribution in [3.8, 4) is 0 Å². The maximum atomic E-state index is 13.1. The summed E-state index contributed by atoms with van der Waals surface area (Å²) in [6.45, 7) is 6.07. The van der Waals surface area contributed by atoms with Gasteiger partial charge in [0, 0.05) is 19.1 Å². The number of alkyl halides is 2. The molecule has 2 aromatic rings. The van der Waals surface area contributed by atoms with Crippen LogP contribution < -0.4 is 10.6 Å². The molecule has 0 aliphatic carbocycles. The largest absolute Gasteiger partial charge is 0.444 e. The molecule has 31 heavy (non-hydrogen) atoms. The average Bonchev–Trinajstić information content (AvgIpc) is 2.67. The quantitative estimate of drug-likeness (QED) is 0.720. The molecule has 0 saturated carbocycles. The average molecular weight is 433 g/mol. The summed E-state index contributed by atoms with van der Waals surface area (Å²) >= 11 is 0. The fourth-order valence-corrected chi connectivity index (χ4v) is 3.66. The summed E-state index contributed by atoms with van der Waals surface area (Å²) in [5.41, 5.74) is 0.0235. The number of fused-ring (bicyclic) bond motifs is 1. The number of carbonyl (C=O) groups is 2. The van der Waals surface area contributed by atoms with E-state index in [-0.39, 0.29) is 18.5 Å². The van der Waals surface area contributed by atoms with Crippen molar-refractivity contribution in [2.24, 2.45) is 0 Å². The van der Waals surface area contributed by atoms with E-state index < -0.39 is 18.1 Å². The molecule has 2 amide bonds. The number of benzene rings is 2. The van der Waals surface area contributed by atoms with Crippen LogP contribution in [0.5, 0.6) is 0 Å². The van der Waals surface area contributed by atoms with E-state index >= 15 is 0 Å². The lowest BCUT2D eigenvalue weighted by Gasteiger charge is -2.32. The van der Waals surface area contributed by atoms with Crippen LogP contribution in [0.3, 0.4) is 0 Å². The van der Waals surface area contributed by atoms with Crippen LogP contribution >= 0.6 is 0 Å². The van der Waals surface area contributed by atoms with E-state index in [4.69, 9.17) is 4.74 Å². The fraction of sp³-hybridized carbons (Fsp3) is 0.478. The Morgan fingerprint density at radius 3 is 2.32 bits per heavy atom. The van der Waals surface area contributed by atoms with E-state index in [0.29, 0.717) is 37.2 Å². The van der Waals surface area contributed by atoms with E-state index in [1.165, 1.54) is 0 Å². The molecular weight excluding hydrogens is 404 g/mol. The van der Waals surface area contributed by atoms with Crippen molar-refractivity contribution >= 4 is 28.5 Å². The maximum Gasteiger partial charge on any atom is 0.412 e. The van der Waals surface area contributed by atoms with Crippen LogP contribution in [0, 0.1) is 0 Å². The van der Waals surface area contributed by atoms with Crippen molar-refractivity contribution in [2.75, 3.05) is 25.0 Å². The van der Waals surface area contributed by atoms with Gasteiger partial charge in [0.15, 0.2) is 0 Å². The third-order valence-electron chi connectivity index (χ3n) is 5.09. The zero-order valence-electron chi connectivity index (χ0n) is 18.1. The number of amides is 2. The summed E-state index contributed by atoms with van der Waals surface area (Å²) in [5, 5.41) is 7.43. The monoisotopic (exact) mass is 433 g/mol. The van der Waals surface area contributed by atoms with Gasteiger partial charge in [-0.25, -0.2) is 13.6 Å². The second-order valence-corrected chi connectivity index (χ2v) is 8.81. The minimum absolute atomic E-state index is 0.109. The SMILES string of the molecule is CC(C)(C)OC(=O)Nc1cc2ccccc2cc1C(=O)NC1CCN(CC(F)F)CC1. The Bertz CT molecular complexity index is 935. The molecule has 8 heteroatoms. The highest BCUT2D eigenvalue weighted by Crippen LogP contribution is 2.25. The number of nitrogens with one attached hydrogen (secondary N) is 2. The summed E-state index contributed by atoms with van der Waals surface area (Å²) in [5.74, 6) is -0.316. The van der Waals surface area contributed by atoms with Gasteiger partial charge in [0.1, 0.15) is 5.60 Å². The molecule has 1 fully saturated rings. The van der Waals surface area contributed by atoms with Crippen LogP contribution in [-0.2, 0) is 4.74 Å². The van der Waals surface area contributed by atoms with E-state index in [0.717, 1.165) is 10.8 Å². The molecular formula is C23H29F2N3O3. The van der Waals surface area contributed by atoms with Gasteiger partial charge in [-0.3, -0.25) is 15.0 Å². The first-order chi connectivity index (χ1) is 14.6. The normalized spacial score (nSPS) is 15.8. The van der Waals surface area contributed by atoms with Crippen LogP contribution in [0.1, 0.15) is 44.0 Å². The zero-order valence-corrected chi connectivity index (χ0v) is 18.1. The molecule has 1 saturated heterocycles. The number of hydrogen-bond acceptors (Lipinski definition) is 4. The summed E-state index contributed by atoms with van der Waals surface area (Å²) in [7, 11) is 0. The first-order valence-corrected chi connectivity index (χ1v) is 10.4. The van der Waals surface area contributed by atoms with Gasteiger partial charge in [0.2, 0.25) is 0 Å². The molecule has 0 bridgehead atoms. The van der Waals surface area contributed by atoms with Crippen molar-refractivity contribution in [3.05, 3.63) is 42.0 Å². The first-order valence-electron chi connectivity index (χ1n) is 10.4. The van der Waals surface area contributed by atoms with Gasteiger partial charge in [0.25, 0.3) is 12.3 Å². The number of hydrogen-bond donors (Lipinski definition) is 2. The molecule has 1 aliphatic rings. The van der Waals surface area contributed by atoms with Crippen molar-refractivity contribution in [1.82, 2.24) is 10.2 Å². The van der Waals surface area contributed by atoms with Crippen LogP contribution in [0.2, 0.25) is 0 Å². The molecule has 2 N–H and O–H groups in total. The van der Waals surface area contributed by atoms with Crippen LogP contribution in [-0.4, -0.2) is 54.6 Å². The smallest absolute Gasteiger partial charge is 0.412 e. The molecule has 0 unspecified atom stereocenters. The second kappa shape index (κ2) is 9.60. The zero-order chi connectivity index (χ0) is 22.6. The van der Waals surface area contributed by atoms with Gasteiger partial charge >= 0.3 is 6.09 Å². The van der Waals surface area contributed by atoms with Crippen LogP contribution in [0.25, 0.3) is 10.8 Å². The maximum absolute atomic E-state index is 13.1. The lowest BCUT2D eigenvalue weighted by atomic mass is 10.0. The van der Waals surface area contributed by atoms with Gasteiger partial charge in [-0.2, -0.15) is 0 Å². The molecule has 0 aromatic heterocycles. The minimum atomic E-state index is -2.36. The summed E-state index contributed by atoms with van der Waals surface area (Å²) in [4.78, 5) is 27.1. The number of ether oxygens (including phenoxy) is 1. The number of halogens is 2. The lowest BCUT2D eigenvalue weighted by Crippen LogP contribution is -2.45. The molecule has 1 aliphatic heterocycles. The molecule has 0 radical (unpaired) electrons. The second-order valence-electron chi connectivity index (χ2n) is 8.81. The minimum Gasteiger partial charge on any atom is -0.444 e. The standard InChI is InChI=1S/C23H29F2N3O3/c1-23(2,3)31-22(30)27-19-13-16-7-5-4-6-15(16)12-18(19)21(29)26-17-8-10-28(11-9-17)14-20(24)25/h4-7,12-13,17,20H,8-11,14H2,1-3H3,(H,26,29)(H,27,30). The number of nitrogens with zero attached hydrogens (tertiary/aromatic N) is 1. The van der Waals surface area contributed by atoms with Crippen molar-refractivity contribution in [2.45, 2.75) is 51.7 Å². The van der Waals surface area contributed by atoms with Crippen LogP contribution in [0.15, 0.2) is 36.4 Å². The summed E-state index contributed by atoms with van der Waals surface area (Å²) in [6, 6.07) is 10.9. The Morgan fingerprint density at radius 1 is 1.13 bits per heavy atom. The topological polar surface area (TPSA) is 70.7 Å². The van der Waals surface area contributed by atoms with Gasteiger partial charge in [-0.05, 0) is 56.5 Å².